The lowest BCUT2D eigenvalue weighted by molar-refractivity contribution is -0.135. The summed E-state index contributed by atoms with van der Waals surface area (Å²) in [5.41, 5.74) is 3.17. The molecule has 4 atom stereocenters. The average molecular weight is 452 g/mol. The lowest BCUT2D eigenvalue weighted by Crippen LogP contribution is -2.54. The summed E-state index contributed by atoms with van der Waals surface area (Å²) in [6.45, 7) is 4.72. The van der Waals surface area contributed by atoms with Crippen LogP contribution >= 0.6 is 0 Å². The van der Waals surface area contributed by atoms with E-state index in [1.165, 1.54) is 4.90 Å². The van der Waals surface area contributed by atoms with Gasteiger partial charge in [0.05, 0.1) is 17.5 Å². The molecule has 0 bridgehead atoms. The SMILES string of the molecule is Cc1cc(C)c2c(c1)[C@]1(C(=O)N2)[C@@H]2C(=O)N(c3cccc4ccccc34)C(=O)[C@H]2[C@@H]2CCCN21. The van der Waals surface area contributed by atoms with E-state index in [2.05, 4.69) is 16.3 Å². The van der Waals surface area contributed by atoms with Gasteiger partial charge in [-0.15, -0.1) is 0 Å². The molecule has 3 aromatic rings. The zero-order valence-corrected chi connectivity index (χ0v) is 19.2. The second-order valence-electron chi connectivity index (χ2n) is 10.1. The summed E-state index contributed by atoms with van der Waals surface area (Å²) in [5, 5.41) is 4.95. The van der Waals surface area contributed by atoms with Crippen molar-refractivity contribution in [3.05, 3.63) is 71.3 Å². The van der Waals surface area contributed by atoms with Crippen LogP contribution in [0.15, 0.2) is 54.6 Å². The highest BCUT2D eigenvalue weighted by Crippen LogP contribution is 2.61. The van der Waals surface area contributed by atoms with Gasteiger partial charge in [-0.3, -0.25) is 19.3 Å². The summed E-state index contributed by atoms with van der Waals surface area (Å²) >= 11 is 0. The van der Waals surface area contributed by atoms with Gasteiger partial charge >= 0.3 is 0 Å². The Morgan fingerprint density at radius 2 is 1.76 bits per heavy atom. The quantitative estimate of drug-likeness (QED) is 0.570. The molecule has 0 aliphatic carbocycles. The van der Waals surface area contributed by atoms with Crippen LogP contribution in [0.5, 0.6) is 0 Å². The summed E-state index contributed by atoms with van der Waals surface area (Å²) < 4.78 is 0. The summed E-state index contributed by atoms with van der Waals surface area (Å²) in [7, 11) is 0. The molecule has 4 aliphatic heterocycles. The van der Waals surface area contributed by atoms with E-state index in [1.807, 2.05) is 62.4 Å². The van der Waals surface area contributed by atoms with E-state index in [4.69, 9.17) is 0 Å². The van der Waals surface area contributed by atoms with Crippen molar-refractivity contribution < 1.29 is 14.4 Å². The van der Waals surface area contributed by atoms with Crippen LogP contribution in [0.1, 0.15) is 29.5 Å². The van der Waals surface area contributed by atoms with Gasteiger partial charge < -0.3 is 5.32 Å². The lowest BCUT2D eigenvalue weighted by atomic mass is 9.75. The second kappa shape index (κ2) is 6.54. The van der Waals surface area contributed by atoms with Gasteiger partial charge in [-0.1, -0.05) is 54.1 Å². The minimum absolute atomic E-state index is 0.112. The topological polar surface area (TPSA) is 69.7 Å². The number of carbonyl (C=O) groups is 3. The molecule has 34 heavy (non-hydrogen) atoms. The normalized spacial score (nSPS) is 29.8. The summed E-state index contributed by atoms with van der Waals surface area (Å²) in [5.74, 6) is -1.86. The van der Waals surface area contributed by atoms with Gasteiger partial charge in [-0.2, -0.15) is 0 Å². The van der Waals surface area contributed by atoms with Gasteiger partial charge in [0.2, 0.25) is 17.7 Å². The van der Waals surface area contributed by atoms with E-state index in [0.717, 1.165) is 46.0 Å². The Kier molecular flexibility index (Phi) is 3.83. The molecule has 6 heteroatoms. The fourth-order valence-electron chi connectivity index (χ4n) is 7.30. The van der Waals surface area contributed by atoms with Gasteiger partial charge in [0.25, 0.3) is 0 Å². The molecule has 6 nitrogen and oxygen atoms in total. The summed E-state index contributed by atoms with van der Waals surface area (Å²) in [6.07, 6.45) is 1.73. The van der Waals surface area contributed by atoms with Crippen molar-refractivity contribution in [2.24, 2.45) is 11.8 Å². The third kappa shape index (κ3) is 2.18. The molecule has 0 saturated carbocycles. The largest absolute Gasteiger partial charge is 0.324 e. The van der Waals surface area contributed by atoms with Crippen molar-refractivity contribution in [2.75, 3.05) is 16.8 Å². The average Bonchev–Trinajstić information content (AvgIpc) is 3.53. The maximum atomic E-state index is 14.3. The Bertz CT molecular complexity index is 1440. The van der Waals surface area contributed by atoms with E-state index in [-0.39, 0.29) is 23.8 Å². The van der Waals surface area contributed by atoms with Crippen LogP contribution in [-0.2, 0) is 19.9 Å². The number of benzene rings is 3. The van der Waals surface area contributed by atoms with Gasteiger partial charge in [-0.05, 0) is 50.2 Å². The summed E-state index contributed by atoms with van der Waals surface area (Å²) in [4.78, 5) is 45.7. The number of nitrogens with zero attached hydrogens (tertiary/aromatic N) is 2. The van der Waals surface area contributed by atoms with Gasteiger partial charge in [-0.25, -0.2) is 4.90 Å². The molecule has 0 unspecified atom stereocenters. The molecule has 1 spiro atoms. The molecular weight excluding hydrogens is 426 g/mol. The van der Waals surface area contributed by atoms with Crippen LogP contribution in [0.4, 0.5) is 11.4 Å². The van der Waals surface area contributed by atoms with E-state index in [1.54, 1.807) is 0 Å². The predicted molar refractivity (Wildman–Crippen MR) is 129 cm³/mol. The number of imide groups is 1. The number of hydrogen-bond donors (Lipinski definition) is 1. The molecule has 3 saturated heterocycles. The predicted octanol–water partition coefficient (Wildman–Crippen LogP) is 3.89. The minimum atomic E-state index is -1.13. The first-order chi connectivity index (χ1) is 16.4. The molecule has 4 aliphatic rings. The summed E-state index contributed by atoms with van der Waals surface area (Å²) in [6, 6.07) is 17.5. The van der Waals surface area contributed by atoms with Gasteiger partial charge in [0.1, 0.15) is 5.54 Å². The molecule has 1 N–H and O–H groups in total. The molecule has 3 aromatic carbocycles. The minimum Gasteiger partial charge on any atom is -0.324 e. The van der Waals surface area contributed by atoms with Crippen molar-refractivity contribution in [3.63, 3.8) is 0 Å². The van der Waals surface area contributed by atoms with Crippen LogP contribution in [0.3, 0.4) is 0 Å². The third-order valence-electron chi connectivity index (χ3n) is 8.45. The maximum Gasteiger partial charge on any atom is 0.250 e. The van der Waals surface area contributed by atoms with Crippen molar-refractivity contribution in [2.45, 2.75) is 38.3 Å². The Balaban J connectivity index is 1.47. The fraction of sp³-hybridized carbons (Fsp3) is 0.321. The van der Waals surface area contributed by atoms with Crippen LogP contribution in [-0.4, -0.2) is 35.2 Å². The first kappa shape index (κ1) is 19.9. The van der Waals surface area contributed by atoms with E-state index in [0.29, 0.717) is 12.2 Å². The van der Waals surface area contributed by atoms with Crippen molar-refractivity contribution in [1.29, 1.82) is 0 Å². The Hall–Kier alpha value is -3.51. The Morgan fingerprint density at radius 3 is 2.62 bits per heavy atom. The number of hydrogen-bond acceptors (Lipinski definition) is 4. The molecule has 7 rings (SSSR count). The molecule has 0 radical (unpaired) electrons. The number of rotatable bonds is 1. The van der Waals surface area contributed by atoms with Crippen LogP contribution in [0.2, 0.25) is 0 Å². The number of anilines is 2. The number of aryl methyl sites for hydroxylation is 2. The van der Waals surface area contributed by atoms with E-state index in [9.17, 15) is 14.4 Å². The number of amides is 3. The van der Waals surface area contributed by atoms with E-state index < -0.39 is 17.4 Å². The van der Waals surface area contributed by atoms with E-state index >= 15 is 0 Å². The Labute approximate surface area is 197 Å². The molecular formula is C28H25N3O3. The highest BCUT2D eigenvalue weighted by molar-refractivity contribution is 6.28. The fourth-order valence-corrected chi connectivity index (χ4v) is 7.30. The van der Waals surface area contributed by atoms with Gasteiger partial charge in [0, 0.05) is 22.7 Å². The van der Waals surface area contributed by atoms with Crippen LogP contribution < -0.4 is 10.2 Å². The smallest absolute Gasteiger partial charge is 0.250 e. The van der Waals surface area contributed by atoms with Crippen LogP contribution in [0, 0.1) is 25.7 Å². The zero-order chi connectivity index (χ0) is 23.4. The monoisotopic (exact) mass is 451 g/mol. The lowest BCUT2D eigenvalue weighted by Gasteiger charge is -2.37. The van der Waals surface area contributed by atoms with Gasteiger partial charge in [0.15, 0.2) is 0 Å². The molecule has 170 valence electrons. The Morgan fingerprint density at radius 1 is 0.971 bits per heavy atom. The highest BCUT2D eigenvalue weighted by Gasteiger charge is 2.74. The molecule has 0 aromatic heterocycles. The standard InChI is InChI=1S/C28H25N3O3/c1-15-13-16(2)24-19(14-15)28(27(34)29-24)23-22(21-11-6-12-30(21)28)25(32)31(26(23)33)20-10-5-8-17-7-3-4-9-18(17)20/h3-5,7-10,13-14,21-23H,6,11-12H2,1-2H3,(H,29,34)/t21-,22-,23-,28+/m0/s1. The number of carbonyl (C=O) groups excluding carboxylic acids is 3. The van der Waals surface area contributed by atoms with Crippen molar-refractivity contribution in [3.8, 4) is 0 Å². The number of fused-ring (bicyclic) bond motifs is 8. The highest BCUT2D eigenvalue weighted by atomic mass is 16.2. The maximum absolute atomic E-state index is 14.3. The molecule has 4 heterocycles. The first-order valence-corrected chi connectivity index (χ1v) is 12.0. The van der Waals surface area contributed by atoms with Crippen LogP contribution in [0.25, 0.3) is 10.8 Å². The first-order valence-electron chi connectivity index (χ1n) is 12.0. The zero-order valence-electron chi connectivity index (χ0n) is 19.2. The molecule has 3 fully saturated rings. The second-order valence-corrected chi connectivity index (χ2v) is 10.1. The van der Waals surface area contributed by atoms with Crippen molar-refractivity contribution in [1.82, 2.24) is 4.90 Å². The third-order valence-corrected chi connectivity index (χ3v) is 8.45. The molecule has 3 amide bonds. The van der Waals surface area contributed by atoms with Crippen molar-refractivity contribution >= 4 is 39.9 Å². The number of nitrogens with one attached hydrogen (secondary N) is 1.